The second-order valence-electron chi connectivity index (χ2n) is 7.83. The first-order valence-corrected chi connectivity index (χ1v) is 11.4. The molecule has 1 fully saturated rings. The van der Waals surface area contributed by atoms with Crippen molar-refractivity contribution < 1.29 is 0 Å². The van der Waals surface area contributed by atoms with Crippen LogP contribution in [0.4, 0.5) is 0 Å². The molecule has 0 N–H and O–H groups in total. The van der Waals surface area contributed by atoms with Crippen LogP contribution in [0.1, 0.15) is 56.4 Å². The zero-order valence-electron chi connectivity index (χ0n) is 18.7. The summed E-state index contributed by atoms with van der Waals surface area (Å²) in [5.74, 6) is 1.44. The quantitative estimate of drug-likeness (QED) is 0.459. The van der Waals surface area contributed by atoms with Gasteiger partial charge in [-0.05, 0) is 62.8 Å². The van der Waals surface area contributed by atoms with Crippen LogP contribution >= 0.6 is 0 Å². The van der Waals surface area contributed by atoms with Gasteiger partial charge in [-0.15, -0.1) is 0 Å². The molecule has 1 spiro atoms. The molecule has 30 heavy (non-hydrogen) atoms. The van der Waals surface area contributed by atoms with E-state index in [9.17, 15) is 0 Å². The summed E-state index contributed by atoms with van der Waals surface area (Å²) in [4.78, 5) is 0. The van der Waals surface area contributed by atoms with Crippen LogP contribution in [0.5, 0.6) is 0 Å². The smallest absolute Gasteiger partial charge is 0.0722 e. The minimum absolute atomic E-state index is 0.224. The zero-order chi connectivity index (χ0) is 21.5. The molecule has 0 saturated heterocycles. The van der Waals surface area contributed by atoms with Crippen molar-refractivity contribution in [2.75, 3.05) is 0 Å². The Kier molecular flexibility index (Phi) is 5.28. The van der Waals surface area contributed by atoms with Crippen molar-refractivity contribution in [3.8, 4) is 0 Å². The maximum absolute atomic E-state index is 4.49. The number of fused-ring (bicyclic) bond motifs is 8. The Balaban J connectivity index is 0.000000516. The Morgan fingerprint density at radius 2 is 1.50 bits per heavy atom. The monoisotopic (exact) mass is 392 g/mol. The molecule has 0 nitrogen and oxygen atoms in total. The summed E-state index contributed by atoms with van der Waals surface area (Å²) >= 11 is 0. The third-order valence-corrected chi connectivity index (χ3v) is 6.71. The van der Waals surface area contributed by atoms with E-state index < -0.39 is 0 Å². The molecule has 0 radical (unpaired) electrons. The first kappa shape index (κ1) is 20.4. The summed E-state index contributed by atoms with van der Waals surface area (Å²) < 4.78 is 0. The van der Waals surface area contributed by atoms with Gasteiger partial charge in [0.05, 0.1) is 5.41 Å². The van der Waals surface area contributed by atoms with Gasteiger partial charge in [0.1, 0.15) is 0 Å². The molecule has 6 rings (SSSR count). The van der Waals surface area contributed by atoms with Crippen molar-refractivity contribution in [2.45, 2.75) is 39.5 Å². The van der Waals surface area contributed by atoms with Crippen LogP contribution in [-0.2, 0) is 5.41 Å². The van der Waals surface area contributed by atoms with Crippen molar-refractivity contribution in [3.05, 3.63) is 119 Å². The van der Waals surface area contributed by atoms with Gasteiger partial charge in [0.2, 0.25) is 0 Å². The number of hydrogen-bond donors (Lipinski definition) is 0. The van der Waals surface area contributed by atoms with Gasteiger partial charge in [0, 0.05) is 0 Å². The van der Waals surface area contributed by atoms with E-state index in [1.807, 2.05) is 33.8 Å². The molecule has 152 valence electrons. The molecule has 0 aliphatic heterocycles. The van der Waals surface area contributed by atoms with E-state index in [-0.39, 0.29) is 5.41 Å². The molecule has 0 bridgehead atoms. The highest BCUT2D eigenvalue weighted by molar-refractivity contribution is 6.00. The second-order valence-corrected chi connectivity index (χ2v) is 7.83. The number of hydrogen-bond acceptors (Lipinski definition) is 0. The van der Waals surface area contributed by atoms with E-state index in [4.69, 9.17) is 0 Å². The molecule has 0 amide bonds. The Morgan fingerprint density at radius 3 is 2.17 bits per heavy atom. The molecular weight excluding hydrogens is 360 g/mol. The van der Waals surface area contributed by atoms with E-state index >= 15 is 0 Å². The number of benzene rings is 2. The van der Waals surface area contributed by atoms with Gasteiger partial charge in [0.25, 0.3) is 0 Å². The third kappa shape index (κ3) is 2.46. The van der Waals surface area contributed by atoms with Crippen molar-refractivity contribution >= 4 is 11.1 Å². The highest BCUT2D eigenvalue weighted by Crippen LogP contribution is 2.67. The fraction of sp³-hybridized carbons (Fsp3) is 0.267. The van der Waals surface area contributed by atoms with E-state index in [2.05, 4.69) is 79.9 Å². The van der Waals surface area contributed by atoms with Crippen molar-refractivity contribution in [3.63, 3.8) is 0 Å². The van der Waals surface area contributed by atoms with Gasteiger partial charge in [-0.25, -0.2) is 0 Å². The van der Waals surface area contributed by atoms with E-state index in [1.165, 1.54) is 39.8 Å². The Bertz CT molecular complexity index is 1100. The fourth-order valence-corrected chi connectivity index (χ4v) is 5.64. The van der Waals surface area contributed by atoms with Gasteiger partial charge >= 0.3 is 0 Å². The first-order chi connectivity index (χ1) is 14.8. The van der Waals surface area contributed by atoms with Crippen molar-refractivity contribution in [1.82, 2.24) is 0 Å². The third-order valence-electron chi connectivity index (χ3n) is 6.71. The topological polar surface area (TPSA) is 0 Å². The van der Waals surface area contributed by atoms with Gasteiger partial charge < -0.3 is 0 Å². The summed E-state index contributed by atoms with van der Waals surface area (Å²) in [5, 5.41) is 0. The van der Waals surface area contributed by atoms with Crippen LogP contribution in [-0.4, -0.2) is 0 Å². The highest BCUT2D eigenvalue weighted by atomic mass is 14.6. The van der Waals surface area contributed by atoms with Crippen LogP contribution in [0.3, 0.4) is 0 Å². The largest absolute Gasteiger partial charge is 0.0991 e. The summed E-state index contributed by atoms with van der Waals surface area (Å²) in [6.07, 6.45) is 10.2. The van der Waals surface area contributed by atoms with E-state index in [1.54, 1.807) is 5.57 Å². The maximum atomic E-state index is 4.49. The van der Waals surface area contributed by atoms with E-state index in [0.29, 0.717) is 5.92 Å². The molecule has 4 aliphatic rings. The lowest BCUT2D eigenvalue weighted by atomic mass is 9.69. The minimum Gasteiger partial charge on any atom is -0.0991 e. The predicted molar refractivity (Wildman–Crippen MR) is 131 cm³/mol. The van der Waals surface area contributed by atoms with Gasteiger partial charge in [-0.3, -0.25) is 0 Å². The van der Waals surface area contributed by atoms with Gasteiger partial charge in [0.15, 0.2) is 0 Å². The lowest BCUT2D eigenvalue weighted by molar-refractivity contribution is 0.780. The zero-order valence-corrected chi connectivity index (χ0v) is 18.7. The number of rotatable bonds is 1. The van der Waals surface area contributed by atoms with Crippen LogP contribution in [0.25, 0.3) is 11.1 Å². The molecule has 3 atom stereocenters. The average molecular weight is 393 g/mol. The summed E-state index contributed by atoms with van der Waals surface area (Å²) in [6, 6.07) is 17.8. The molecule has 0 aromatic heterocycles. The maximum Gasteiger partial charge on any atom is 0.0722 e. The van der Waals surface area contributed by atoms with E-state index in [0.717, 1.165) is 11.5 Å². The predicted octanol–water partition coefficient (Wildman–Crippen LogP) is 8.14. The number of allylic oxidation sites excluding steroid dienone is 8. The van der Waals surface area contributed by atoms with Crippen molar-refractivity contribution in [2.24, 2.45) is 11.8 Å². The normalized spacial score (nSPS) is 27.3. The molecule has 4 aliphatic carbocycles. The Labute approximate surface area is 182 Å². The molecule has 3 unspecified atom stereocenters. The van der Waals surface area contributed by atoms with Crippen molar-refractivity contribution in [1.29, 1.82) is 0 Å². The van der Waals surface area contributed by atoms with Crippen LogP contribution in [0, 0.1) is 11.8 Å². The molecule has 0 heteroatoms. The van der Waals surface area contributed by atoms with Gasteiger partial charge in [-0.1, -0.05) is 114 Å². The van der Waals surface area contributed by atoms with Gasteiger partial charge in [-0.2, -0.15) is 0 Å². The lowest BCUT2D eigenvalue weighted by Gasteiger charge is -2.32. The highest BCUT2D eigenvalue weighted by Gasteiger charge is 2.57. The summed E-state index contributed by atoms with van der Waals surface area (Å²) in [6.45, 7) is 16.5. The Hall–Kier alpha value is -2.86. The van der Waals surface area contributed by atoms with Crippen LogP contribution in [0.2, 0.25) is 0 Å². The second kappa shape index (κ2) is 7.76. The summed E-state index contributed by atoms with van der Waals surface area (Å²) in [7, 11) is 0. The molecule has 2 aromatic rings. The minimum atomic E-state index is -0.224. The first-order valence-electron chi connectivity index (χ1n) is 11.4. The summed E-state index contributed by atoms with van der Waals surface area (Å²) in [5.41, 5.74) is 10.8. The molecule has 2 aromatic carbocycles. The molecular formula is C30H32. The van der Waals surface area contributed by atoms with Crippen LogP contribution in [0.15, 0.2) is 97.1 Å². The average Bonchev–Trinajstić information content (AvgIpc) is 3.50. The molecule has 1 saturated carbocycles. The van der Waals surface area contributed by atoms with Crippen LogP contribution < -0.4 is 0 Å². The standard InChI is InChI=1S/C26H20.2C2H6/c1-3-8-21-16(2)18-9-4-6-11-22(18)26(21)23-12-7-5-10-19(23)25-20-15-17(20)13-14-24(25)26;2*1-2/h3-14,17,20H,1-2,15H2;2*1-2H3/b21-8+;;. The molecule has 0 heterocycles. The SMILES string of the molecule is C=C/C=C1\C(=C)c2ccccc2C12C1=C(c3ccccc32)C2CC2C=C1.CC.CC. The Morgan fingerprint density at radius 1 is 0.900 bits per heavy atom. The lowest BCUT2D eigenvalue weighted by Crippen LogP contribution is -2.27. The fourth-order valence-electron chi connectivity index (χ4n) is 5.64.